The fourth-order valence-electron chi connectivity index (χ4n) is 2.94. The zero-order valence-corrected chi connectivity index (χ0v) is 13.1. The second kappa shape index (κ2) is 6.44. The lowest BCUT2D eigenvalue weighted by Gasteiger charge is -2.25. The van der Waals surface area contributed by atoms with Crippen molar-refractivity contribution >= 4 is 16.6 Å². The molecule has 21 heavy (non-hydrogen) atoms. The Bertz CT molecular complexity index is 604. The number of fused-ring (bicyclic) bond motifs is 1. The van der Waals surface area contributed by atoms with Crippen LogP contribution < -0.4 is 10.2 Å². The molecule has 3 heteroatoms. The number of nitrogens with one attached hydrogen (secondary N) is 1. The van der Waals surface area contributed by atoms with Gasteiger partial charge in [-0.25, -0.2) is 0 Å². The first-order valence-corrected chi connectivity index (χ1v) is 8.19. The van der Waals surface area contributed by atoms with Gasteiger partial charge in [0.25, 0.3) is 0 Å². The number of hydrogen-bond acceptors (Lipinski definition) is 3. The maximum absolute atomic E-state index is 4.81. The van der Waals surface area contributed by atoms with Crippen LogP contribution in [-0.4, -0.2) is 24.1 Å². The number of rotatable bonds is 7. The number of pyridine rings is 1. The summed E-state index contributed by atoms with van der Waals surface area (Å²) >= 11 is 0. The highest BCUT2D eigenvalue weighted by molar-refractivity contribution is 5.92. The van der Waals surface area contributed by atoms with Crippen LogP contribution in [0.3, 0.4) is 0 Å². The Labute approximate surface area is 127 Å². The largest absolute Gasteiger partial charge is 0.368 e. The first-order valence-electron chi connectivity index (χ1n) is 8.19. The van der Waals surface area contributed by atoms with Crippen LogP contribution in [0.4, 0.5) is 5.69 Å². The van der Waals surface area contributed by atoms with E-state index >= 15 is 0 Å². The summed E-state index contributed by atoms with van der Waals surface area (Å²) in [4.78, 5) is 7.36. The minimum atomic E-state index is 0.734. The third-order valence-corrected chi connectivity index (χ3v) is 4.12. The van der Waals surface area contributed by atoms with Crippen molar-refractivity contribution < 1.29 is 0 Å². The van der Waals surface area contributed by atoms with Crippen molar-refractivity contribution in [1.82, 2.24) is 10.3 Å². The van der Waals surface area contributed by atoms with Crippen LogP contribution in [0.2, 0.25) is 0 Å². The summed E-state index contributed by atoms with van der Waals surface area (Å²) < 4.78 is 0. The molecule has 2 aromatic rings. The zero-order chi connectivity index (χ0) is 14.7. The van der Waals surface area contributed by atoms with Crippen LogP contribution in [0, 0.1) is 0 Å². The first kappa shape index (κ1) is 14.3. The third kappa shape index (κ3) is 3.18. The number of aromatic nitrogens is 1. The highest BCUT2D eigenvalue weighted by atomic mass is 15.2. The van der Waals surface area contributed by atoms with Crippen LogP contribution in [-0.2, 0) is 6.54 Å². The average Bonchev–Trinajstić information content (AvgIpc) is 3.33. The van der Waals surface area contributed by atoms with E-state index < -0.39 is 0 Å². The normalized spacial score (nSPS) is 14.6. The van der Waals surface area contributed by atoms with Crippen molar-refractivity contribution in [2.24, 2.45) is 0 Å². The van der Waals surface area contributed by atoms with Crippen molar-refractivity contribution in [3.05, 3.63) is 36.0 Å². The van der Waals surface area contributed by atoms with Gasteiger partial charge in [-0.15, -0.1) is 0 Å². The third-order valence-electron chi connectivity index (χ3n) is 4.12. The summed E-state index contributed by atoms with van der Waals surface area (Å²) in [5.74, 6) is 0. The fourth-order valence-corrected chi connectivity index (χ4v) is 2.94. The fraction of sp³-hybridized carbons (Fsp3) is 0.500. The van der Waals surface area contributed by atoms with Gasteiger partial charge in [-0.3, -0.25) is 4.98 Å². The second-order valence-electron chi connectivity index (χ2n) is 5.84. The summed E-state index contributed by atoms with van der Waals surface area (Å²) in [6.07, 6.45) is 3.81. The number of nitrogens with zero attached hydrogens (tertiary/aromatic N) is 2. The van der Waals surface area contributed by atoms with Gasteiger partial charge >= 0.3 is 0 Å². The molecular weight excluding hydrogens is 258 g/mol. The molecule has 3 nitrogen and oxygen atoms in total. The van der Waals surface area contributed by atoms with Crippen LogP contribution in [0.5, 0.6) is 0 Å². The van der Waals surface area contributed by atoms with Gasteiger partial charge in [0, 0.05) is 30.2 Å². The van der Waals surface area contributed by atoms with Gasteiger partial charge in [0.05, 0.1) is 11.2 Å². The summed E-state index contributed by atoms with van der Waals surface area (Å²) in [6, 6.07) is 11.5. The molecule has 1 aliphatic rings. The van der Waals surface area contributed by atoms with E-state index in [1.54, 1.807) is 0 Å². The summed E-state index contributed by atoms with van der Waals surface area (Å²) in [6.45, 7) is 7.42. The molecule has 0 spiro atoms. The smallest absolute Gasteiger partial charge is 0.0726 e. The molecule has 0 bridgehead atoms. The van der Waals surface area contributed by atoms with Crippen molar-refractivity contribution in [2.75, 3.05) is 18.0 Å². The van der Waals surface area contributed by atoms with E-state index in [0.29, 0.717) is 0 Å². The molecule has 0 saturated heterocycles. The van der Waals surface area contributed by atoms with Crippen molar-refractivity contribution in [3.63, 3.8) is 0 Å². The van der Waals surface area contributed by atoms with Crippen LogP contribution in [0.25, 0.3) is 10.9 Å². The highest BCUT2D eigenvalue weighted by Gasteiger charge is 2.29. The molecule has 1 aliphatic carbocycles. The quantitative estimate of drug-likeness (QED) is 0.785. The standard InChI is InChI=1S/C18H25N3/c1-3-11-19-13-14-12-18(21(4-2)15-9-10-15)16-7-5-6-8-17(16)20-14/h5-8,12,15,19H,3-4,9-11,13H2,1-2H3. The predicted octanol–water partition coefficient (Wildman–Crippen LogP) is 3.72. The molecule has 0 atom stereocenters. The molecule has 1 N–H and O–H groups in total. The molecule has 1 aromatic heterocycles. The van der Waals surface area contributed by atoms with Gasteiger partial charge in [0.15, 0.2) is 0 Å². The first-order chi connectivity index (χ1) is 10.3. The molecule has 112 valence electrons. The Balaban J connectivity index is 1.98. The second-order valence-corrected chi connectivity index (χ2v) is 5.84. The van der Waals surface area contributed by atoms with Crippen molar-refractivity contribution in [2.45, 2.75) is 45.7 Å². The number of benzene rings is 1. The average molecular weight is 283 g/mol. The van der Waals surface area contributed by atoms with E-state index in [-0.39, 0.29) is 0 Å². The lowest BCUT2D eigenvalue weighted by molar-refractivity contribution is 0.665. The Morgan fingerprint density at radius 2 is 2.05 bits per heavy atom. The van der Waals surface area contributed by atoms with E-state index in [0.717, 1.165) is 43.3 Å². The van der Waals surface area contributed by atoms with Crippen LogP contribution in [0.1, 0.15) is 38.8 Å². The van der Waals surface area contributed by atoms with Gasteiger partial charge in [0.1, 0.15) is 0 Å². The van der Waals surface area contributed by atoms with Crippen molar-refractivity contribution in [3.8, 4) is 0 Å². The molecule has 1 heterocycles. The van der Waals surface area contributed by atoms with Gasteiger partial charge in [-0.05, 0) is 44.9 Å². The van der Waals surface area contributed by atoms with E-state index in [1.807, 2.05) is 0 Å². The maximum Gasteiger partial charge on any atom is 0.0726 e. The number of para-hydroxylation sites is 1. The topological polar surface area (TPSA) is 28.2 Å². The summed E-state index contributed by atoms with van der Waals surface area (Å²) in [7, 11) is 0. The number of anilines is 1. The molecule has 0 amide bonds. The van der Waals surface area contributed by atoms with Gasteiger partial charge in [-0.1, -0.05) is 25.1 Å². The Morgan fingerprint density at radius 1 is 1.24 bits per heavy atom. The molecule has 0 unspecified atom stereocenters. The van der Waals surface area contributed by atoms with Crippen LogP contribution >= 0.6 is 0 Å². The van der Waals surface area contributed by atoms with E-state index in [4.69, 9.17) is 4.98 Å². The molecule has 1 saturated carbocycles. The SMILES string of the molecule is CCCNCc1cc(N(CC)C2CC2)c2ccccc2n1. The molecule has 0 radical (unpaired) electrons. The molecular formula is C18H25N3. The molecule has 1 fully saturated rings. The predicted molar refractivity (Wildman–Crippen MR) is 89.8 cm³/mol. The van der Waals surface area contributed by atoms with Crippen LogP contribution in [0.15, 0.2) is 30.3 Å². The van der Waals surface area contributed by atoms with Crippen molar-refractivity contribution in [1.29, 1.82) is 0 Å². The molecule has 0 aliphatic heterocycles. The maximum atomic E-state index is 4.81. The van der Waals surface area contributed by atoms with Gasteiger partial charge in [0.2, 0.25) is 0 Å². The monoisotopic (exact) mass is 283 g/mol. The minimum absolute atomic E-state index is 0.734. The van der Waals surface area contributed by atoms with E-state index in [9.17, 15) is 0 Å². The van der Waals surface area contributed by atoms with E-state index in [1.165, 1.54) is 23.9 Å². The van der Waals surface area contributed by atoms with Gasteiger partial charge in [-0.2, -0.15) is 0 Å². The Kier molecular flexibility index (Phi) is 4.39. The Morgan fingerprint density at radius 3 is 2.76 bits per heavy atom. The lowest BCUT2D eigenvalue weighted by Crippen LogP contribution is -2.26. The molecule has 1 aromatic carbocycles. The minimum Gasteiger partial charge on any atom is -0.368 e. The number of hydrogen-bond donors (Lipinski definition) is 1. The summed E-state index contributed by atoms with van der Waals surface area (Å²) in [5.41, 5.74) is 3.62. The van der Waals surface area contributed by atoms with E-state index in [2.05, 4.69) is 54.4 Å². The summed E-state index contributed by atoms with van der Waals surface area (Å²) in [5, 5.41) is 4.75. The van der Waals surface area contributed by atoms with Gasteiger partial charge < -0.3 is 10.2 Å². The lowest BCUT2D eigenvalue weighted by atomic mass is 10.1. The zero-order valence-electron chi connectivity index (χ0n) is 13.1. The highest BCUT2D eigenvalue weighted by Crippen LogP contribution is 2.35. The Hall–Kier alpha value is -1.61. The molecule has 3 rings (SSSR count).